The first-order valence-corrected chi connectivity index (χ1v) is 6.26. The summed E-state index contributed by atoms with van der Waals surface area (Å²) in [7, 11) is 0. The Morgan fingerprint density at radius 2 is 2.39 bits per heavy atom. The van der Waals surface area contributed by atoms with Crippen LogP contribution in [0, 0.1) is 0 Å². The lowest BCUT2D eigenvalue weighted by Crippen LogP contribution is -2.37. The highest BCUT2D eigenvalue weighted by Crippen LogP contribution is 2.11. The van der Waals surface area contributed by atoms with E-state index >= 15 is 0 Å². The highest BCUT2D eigenvalue weighted by molar-refractivity contribution is 5.80. The number of unbranched alkanes of at least 4 members (excludes halogenated alkanes) is 1. The number of ether oxygens (including phenoxy) is 1. The third-order valence-corrected chi connectivity index (χ3v) is 2.58. The summed E-state index contributed by atoms with van der Waals surface area (Å²) < 4.78 is 10.4. The van der Waals surface area contributed by atoms with Crippen molar-refractivity contribution in [3.63, 3.8) is 0 Å². The molecule has 0 aliphatic heterocycles. The Morgan fingerprint density at radius 3 is 3.00 bits per heavy atom. The van der Waals surface area contributed by atoms with Crippen molar-refractivity contribution < 1.29 is 19.1 Å². The average molecular weight is 255 g/mol. The van der Waals surface area contributed by atoms with Gasteiger partial charge >= 0.3 is 0 Å². The molecule has 0 bridgehead atoms. The van der Waals surface area contributed by atoms with Crippen LogP contribution < -0.4 is 5.32 Å². The van der Waals surface area contributed by atoms with Crippen molar-refractivity contribution in [1.29, 1.82) is 0 Å². The van der Waals surface area contributed by atoms with Gasteiger partial charge in [0.2, 0.25) is 5.91 Å². The van der Waals surface area contributed by atoms with E-state index in [1.165, 1.54) is 6.26 Å². The zero-order valence-electron chi connectivity index (χ0n) is 10.9. The lowest BCUT2D eigenvalue weighted by molar-refractivity contribution is -0.132. The van der Waals surface area contributed by atoms with E-state index in [-0.39, 0.29) is 12.5 Å². The van der Waals surface area contributed by atoms with Crippen LogP contribution in [-0.2, 0) is 9.53 Å². The van der Waals surface area contributed by atoms with E-state index in [0.29, 0.717) is 12.4 Å². The summed E-state index contributed by atoms with van der Waals surface area (Å²) in [6, 6.07) is 3.36. The van der Waals surface area contributed by atoms with Gasteiger partial charge in [-0.25, -0.2) is 0 Å². The number of aliphatic hydroxyl groups excluding tert-OH is 1. The maximum Gasteiger partial charge on any atom is 0.248 e. The summed E-state index contributed by atoms with van der Waals surface area (Å²) in [5.41, 5.74) is 0. The van der Waals surface area contributed by atoms with Crippen LogP contribution in [0.15, 0.2) is 22.8 Å². The average Bonchev–Trinajstić information content (AvgIpc) is 2.89. The standard InChI is InChI=1S/C13H21NO4/c1-3-4-7-17-10(2)13(16)14-9-11(15)12-6-5-8-18-12/h5-6,8,10-11,15H,3-4,7,9H2,1-2H3,(H,14,16). The summed E-state index contributed by atoms with van der Waals surface area (Å²) in [5.74, 6) is 0.214. The highest BCUT2D eigenvalue weighted by atomic mass is 16.5. The molecule has 1 aromatic heterocycles. The summed E-state index contributed by atoms with van der Waals surface area (Å²) >= 11 is 0. The van der Waals surface area contributed by atoms with Crippen molar-refractivity contribution in [2.75, 3.05) is 13.2 Å². The quantitative estimate of drug-likeness (QED) is 0.693. The van der Waals surface area contributed by atoms with Gasteiger partial charge in [-0.05, 0) is 25.5 Å². The second-order valence-corrected chi connectivity index (χ2v) is 4.14. The topological polar surface area (TPSA) is 71.7 Å². The third kappa shape index (κ3) is 4.89. The number of nitrogens with one attached hydrogen (secondary N) is 1. The fourth-order valence-electron chi connectivity index (χ4n) is 1.40. The number of aliphatic hydroxyl groups is 1. The number of amides is 1. The Hall–Kier alpha value is -1.33. The molecule has 5 heteroatoms. The van der Waals surface area contributed by atoms with Crippen molar-refractivity contribution in [3.8, 4) is 0 Å². The number of carbonyl (C=O) groups is 1. The molecular formula is C13H21NO4. The van der Waals surface area contributed by atoms with Gasteiger partial charge in [-0.1, -0.05) is 13.3 Å². The van der Waals surface area contributed by atoms with E-state index in [0.717, 1.165) is 12.8 Å². The van der Waals surface area contributed by atoms with Crippen LogP contribution in [0.4, 0.5) is 0 Å². The molecule has 0 radical (unpaired) electrons. The molecule has 1 aromatic rings. The second-order valence-electron chi connectivity index (χ2n) is 4.14. The molecule has 1 rings (SSSR count). The maximum absolute atomic E-state index is 11.6. The number of hydrogen-bond acceptors (Lipinski definition) is 4. The molecule has 0 aliphatic rings. The van der Waals surface area contributed by atoms with Crippen molar-refractivity contribution >= 4 is 5.91 Å². The molecule has 0 spiro atoms. The molecule has 2 unspecified atom stereocenters. The Balaban J connectivity index is 2.23. The Morgan fingerprint density at radius 1 is 1.61 bits per heavy atom. The van der Waals surface area contributed by atoms with Gasteiger partial charge in [-0.2, -0.15) is 0 Å². The molecule has 1 amide bonds. The molecule has 0 saturated heterocycles. The normalized spacial score (nSPS) is 14.2. The second kappa shape index (κ2) is 7.89. The van der Waals surface area contributed by atoms with Crippen LogP contribution >= 0.6 is 0 Å². The maximum atomic E-state index is 11.6. The minimum absolute atomic E-state index is 0.119. The molecule has 0 aromatic carbocycles. The van der Waals surface area contributed by atoms with Gasteiger partial charge in [-0.3, -0.25) is 4.79 Å². The van der Waals surface area contributed by atoms with Gasteiger partial charge in [0.25, 0.3) is 0 Å². The lowest BCUT2D eigenvalue weighted by atomic mass is 10.2. The van der Waals surface area contributed by atoms with E-state index in [1.807, 2.05) is 0 Å². The summed E-state index contributed by atoms with van der Waals surface area (Å²) in [6.07, 6.45) is 2.13. The largest absolute Gasteiger partial charge is 0.467 e. The molecule has 18 heavy (non-hydrogen) atoms. The molecule has 2 N–H and O–H groups in total. The van der Waals surface area contributed by atoms with Crippen LogP contribution in [-0.4, -0.2) is 30.3 Å². The van der Waals surface area contributed by atoms with Crippen molar-refractivity contribution in [2.24, 2.45) is 0 Å². The molecule has 0 fully saturated rings. The number of furan rings is 1. The van der Waals surface area contributed by atoms with Gasteiger partial charge < -0.3 is 19.6 Å². The Kier molecular flexibility index (Phi) is 6.46. The SMILES string of the molecule is CCCCOC(C)C(=O)NCC(O)c1ccco1. The third-order valence-electron chi connectivity index (χ3n) is 2.58. The van der Waals surface area contributed by atoms with Gasteiger partial charge in [0.1, 0.15) is 18.0 Å². The van der Waals surface area contributed by atoms with Gasteiger partial charge in [0, 0.05) is 6.61 Å². The fourth-order valence-corrected chi connectivity index (χ4v) is 1.40. The van der Waals surface area contributed by atoms with Crippen LogP contribution in [0.5, 0.6) is 0 Å². The first kappa shape index (κ1) is 14.7. The van der Waals surface area contributed by atoms with Gasteiger partial charge in [0.15, 0.2) is 0 Å². The van der Waals surface area contributed by atoms with Gasteiger partial charge in [0.05, 0.1) is 12.8 Å². The number of hydrogen-bond donors (Lipinski definition) is 2. The number of rotatable bonds is 8. The Labute approximate surface area is 107 Å². The summed E-state index contributed by atoms with van der Waals surface area (Å²) in [5, 5.41) is 12.3. The zero-order valence-corrected chi connectivity index (χ0v) is 10.9. The first-order valence-electron chi connectivity index (χ1n) is 6.26. The minimum Gasteiger partial charge on any atom is -0.467 e. The molecule has 0 saturated carbocycles. The van der Waals surface area contributed by atoms with Crippen LogP contribution in [0.1, 0.15) is 38.6 Å². The molecule has 0 aliphatic carbocycles. The molecule has 1 heterocycles. The predicted molar refractivity (Wildman–Crippen MR) is 67.0 cm³/mol. The van der Waals surface area contributed by atoms with E-state index in [2.05, 4.69) is 12.2 Å². The minimum atomic E-state index is -0.827. The van der Waals surface area contributed by atoms with Gasteiger partial charge in [-0.15, -0.1) is 0 Å². The Bertz CT molecular complexity index is 337. The predicted octanol–water partition coefficient (Wildman–Crippen LogP) is 1.63. The monoisotopic (exact) mass is 255 g/mol. The van der Waals surface area contributed by atoms with Crippen LogP contribution in [0.2, 0.25) is 0 Å². The van der Waals surface area contributed by atoms with E-state index < -0.39 is 12.2 Å². The van der Waals surface area contributed by atoms with Crippen molar-refractivity contribution in [3.05, 3.63) is 24.2 Å². The lowest BCUT2D eigenvalue weighted by Gasteiger charge is -2.14. The fraction of sp³-hybridized carbons (Fsp3) is 0.615. The van der Waals surface area contributed by atoms with E-state index in [4.69, 9.17) is 9.15 Å². The molecule has 102 valence electrons. The number of carbonyl (C=O) groups excluding carboxylic acids is 1. The van der Waals surface area contributed by atoms with Crippen molar-refractivity contribution in [1.82, 2.24) is 5.32 Å². The summed E-state index contributed by atoms with van der Waals surface area (Å²) in [4.78, 5) is 11.6. The molecule has 2 atom stereocenters. The van der Waals surface area contributed by atoms with Crippen LogP contribution in [0.3, 0.4) is 0 Å². The summed E-state index contributed by atoms with van der Waals surface area (Å²) in [6.45, 7) is 4.46. The highest BCUT2D eigenvalue weighted by Gasteiger charge is 2.16. The smallest absolute Gasteiger partial charge is 0.248 e. The van der Waals surface area contributed by atoms with Crippen LogP contribution in [0.25, 0.3) is 0 Å². The first-order chi connectivity index (χ1) is 8.65. The zero-order chi connectivity index (χ0) is 13.4. The molecule has 5 nitrogen and oxygen atoms in total. The van der Waals surface area contributed by atoms with E-state index in [1.54, 1.807) is 19.1 Å². The van der Waals surface area contributed by atoms with Crippen molar-refractivity contribution in [2.45, 2.75) is 38.9 Å². The van der Waals surface area contributed by atoms with E-state index in [9.17, 15) is 9.90 Å². The molecular weight excluding hydrogens is 234 g/mol.